The maximum absolute atomic E-state index is 13.2. The van der Waals surface area contributed by atoms with Crippen molar-refractivity contribution in [1.29, 1.82) is 0 Å². The van der Waals surface area contributed by atoms with Crippen LogP contribution < -0.4 is 10.1 Å². The van der Waals surface area contributed by atoms with Crippen LogP contribution in [0.2, 0.25) is 0 Å². The van der Waals surface area contributed by atoms with Crippen LogP contribution in [0, 0.1) is 5.41 Å². The van der Waals surface area contributed by atoms with Gasteiger partial charge in [-0.1, -0.05) is 30.3 Å². The molecule has 1 aliphatic heterocycles. The molecule has 2 aromatic carbocycles. The van der Waals surface area contributed by atoms with Gasteiger partial charge < -0.3 is 19.9 Å². The summed E-state index contributed by atoms with van der Waals surface area (Å²) in [6.45, 7) is 3.63. The van der Waals surface area contributed by atoms with Gasteiger partial charge in [0.25, 0.3) is 0 Å². The van der Waals surface area contributed by atoms with E-state index >= 15 is 0 Å². The number of hydrogen-bond acceptors (Lipinski definition) is 4. The number of amides is 1. The van der Waals surface area contributed by atoms with Crippen LogP contribution in [0.5, 0.6) is 5.75 Å². The molecule has 6 nitrogen and oxygen atoms in total. The SMILES string of the molecule is CC(NC(=O)C1(CCCOc2ccccc2)CCOCC1)c1ccc(C(=O)O)cc1. The summed E-state index contributed by atoms with van der Waals surface area (Å²) in [4.78, 5) is 24.3. The minimum Gasteiger partial charge on any atom is -0.494 e. The van der Waals surface area contributed by atoms with Crippen LogP contribution in [0.4, 0.5) is 0 Å². The summed E-state index contributed by atoms with van der Waals surface area (Å²) in [5, 5.41) is 12.2. The second-order valence-electron chi connectivity index (χ2n) is 7.78. The zero-order chi connectivity index (χ0) is 21.4. The first-order chi connectivity index (χ1) is 14.5. The van der Waals surface area contributed by atoms with Gasteiger partial charge in [0.15, 0.2) is 0 Å². The Hall–Kier alpha value is -2.86. The van der Waals surface area contributed by atoms with E-state index in [0.717, 1.165) is 24.2 Å². The molecular weight excluding hydrogens is 382 g/mol. The Morgan fingerprint density at radius 1 is 1.10 bits per heavy atom. The Kier molecular flexibility index (Phi) is 7.46. The molecule has 1 fully saturated rings. The van der Waals surface area contributed by atoms with Gasteiger partial charge in [-0.15, -0.1) is 0 Å². The fourth-order valence-corrected chi connectivity index (χ4v) is 3.82. The van der Waals surface area contributed by atoms with Crippen LogP contribution in [-0.4, -0.2) is 36.8 Å². The number of carboxylic acid groups (broad SMARTS) is 1. The first kappa shape index (κ1) is 21.8. The third-order valence-corrected chi connectivity index (χ3v) is 5.75. The van der Waals surface area contributed by atoms with Gasteiger partial charge in [-0.05, 0) is 62.4 Å². The molecule has 6 heteroatoms. The van der Waals surface area contributed by atoms with Crippen molar-refractivity contribution in [2.24, 2.45) is 5.41 Å². The summed E-state index contributed by atoms with van der Waals surface area (Å²) in [6.07, 6.45) is 2.90. The Morgan fingerprint density at radius 2 is 1.77 bits per heavy atom. The number of hydrogen-bond donors (Lipinski definition) is 2. The molecule has 0 saturated carbocycles. The Morgan fingerprint density at radius 3 is 2.40 bits per heavy atom. The highest BCUT2D eigenvalue weighted by Gasteiger charge is 2.40. The van der Waals surface area contributed by atoms with Crippen LogP contribution in [-0.2, 0) is 9.53 Å². The van der Waals surface area contributed by atoms with Gasteiger partial charge in [0.05, 0.1) is 23.6 Å². The van der Waals surface area contributed by atoms with Crippen molar-refractivity contribution in [1.82, 2.24) is 5.32 Å². The van der Waals surface area contributed by atoms with Gasteiger partial charge in [0.1, 0.15) is 5.75 Å². The van der Waals surface area contributed by atoms with E-state index in [-0.39, 0.29) is 17.5 Å². The van der Waals surface area contributed by atoms with Crippen molar-refractivity contribution >= 4 is 11.9 Å². The molecule has 1 heterocycles. The fourth-order valence-electron chi connectivity index (χ4n) is 3.82. The average molecular weight is 411 g/mol. The summed E-state index contributed by atoms with van der Waals surface area (Å²) in [6, 6.07) is 16.1. The summed E-state index contributed by atoms with van der Waals surface area (Å²) >= 11 is 0. The van der Waals surface area contributed by atoms with Crippen LogP contribution in [0.15, 0.2) is 54.6 Å². The molecular formula is C24H29NO5. The fraction of sp³-hybridized carbons (Fsp3) is 0.417. The lowest BCUT2D eigenvalue weighted by Gasteiger charge is -2.36. The number of carboxylic acids is 1. The van der Waals surface area contributed by atoms with Crippen molar-refractivity contribution in [2.75, 3.05) is 19.8 Å². The van der Waals surface area contributed by atoms with Gasteiger partial charge >= 0.3 is 5.97 Å². The first-order valence-electron chi connectivity index (χ1n) is 10.4. The number of ether oxygens (including phenoxy) is 2. The van der Waals surface area contributed by atoms with Gasteiger partial charge in [-0.3, -0.25) is 4.79 Å². The first-order valence-corrected chi connectivity index (χ1v) is 10.4. The van der Waals surface area contributed by atoms with Crippen LogP contribution in [0.25, 0.3) is 0 Å². The smallest absolute Gasteiger partial charge is 0.335 e. The van der Waals surface area contributed by atoms with Gasteiger partial charge in [0.2, 0.25) is 5.91 Å². The topological polar surface area (TPSA) is 84.9 Å². The van der Waals surface area contributed by atoms with E-state index in [1.54, 1.807) is 24.3 Å². The van der Waals surface area contributed by atoms with E-state index in [1.807, 2.05) is 37.3 Å². The van der Waals surface area contributed by atoms with Crippen LogP contribution in [0.3, 0.4) is 0 Å². The summed E-state index contributed by atoms with van der Waals surface area (Å²) < 4.78 is 11.3. The Bertz CT molecular complexity index is 828. The molecule has 2 N–H and O–H groups in total. The highest BCUT2D eigenvalue weighted by Crippen LogP contribution is 2.36. The van der Waals surface area contributed by atoms with Crippen molar-refractivity contribution < 1.29 is 24.2 Å². The molecule has 1 saturated heterocycles. The monoisotopic (exact) mass is 411 g/mol. The normalized spacial score (nSPS) is 16.4. The molecule has 0 aromatic heterocycles. The van der Waals surface area contributed by atoms with Gasteiger partial charge in [0, 0.05) is 13.2 Å². The predicted octanol–water partition coefficient (Wildman–Crippen LogP) is 4.22. The lowest BCUT2D eigenvalue weighted by molar-refractivity contribution is -0.138. The number of para-hydroxylation sites is 1. The molecule has 0 spiro atoms. The van der Waals surface area contributed by atoms with Crippen molar-refractivity contribution in [2.45, 2.75) is 38.6 Å². The van der Waals surface area contributed by atoms with E-state index in [9.17, 15) is 9.59 Å². The summed E-state index contributed by atoms with van der Waals surface area (Å²) in [7, 11) is 0. The van der Waals surface area contributed by atoms with Crippen LogP contribution >= 0.6 is 0 Å². The molecule has 0 bridgehead atoms. The summed E-state index contributed by atoms with van der Waals surface area (Å²) in [5.41, 5.74) is 0.646. The third kappa shape index (κ3) is 5.60. The van der Waals surface area contributed by atoms with Gasteiger partial charge in [-0.2, -0.15) is 0 Å². The number of rotatable bonds is 9. The minimum absolute atomic E-state index is 0.0281. The predicted molar refractivity (Wildman–Crippen MR) is 114 cm³/mol. The number of benzene rings is 2. The largest absolute Gasteiger partial charge is 0.494 e. The van der Waals surface area contributed by atoms with E-state index in [4.69, 9.17) is 14.6 Å². The second-order valence-corrected chi connectivity index (χ2v) is 7.78. The van der Waals surface area contributed by atoms with E-state index in [1.165, 1.54) is 0 Å². The molecule has 1 unspecified atom stereocenters. The molecule has 2 aromatic rings. The van der Waals surface area contributed by atoms with Crippen molar-refractivity contribution in [3.8, 4) is 5.75 Å². The van der Waals surface area contributed by atoms with E-state index < -0.39 is 11.4 Å². The molecule has 1 aliphatic rings. The number of nitrogens with one attached hydrogen (secondary N) is 1. The highest BCUT2D eigenvalue weighted by atomic mass is 16.5. The van der Waals surface area contributed by atoms with Crippen molar-refractivity contribution in [3.05, 3.63) is 65.7 Å². The Labute approximate surface area is 177 Å². The number of carbonyl (C=O) groups excluding carboxylic acids is 1. The standard InChI is InChI=1S/C24H29NO5/c1-18(19-8-10-20(11-9-19)22(26)27)25-23(28)24(13-16-29-17-14-24)12-5-15-30-21-6-3-2-4-7-21/h2-4,6-11,18H,5,12-17H2,1H3,(H,25,28)(H,26,27). The zero-order valence-corrected chi connectivity index (χ0v) is 17.3. The molecule has 3 rings (SSSR count). The molecule has 0 radical (unpaired) electrons. The van der Waals surface area contributed by atoms with Crippen LogP contribution in [0.1, 0.15) is 54.6 Å². The minimum atomic E-state index is -0.961. The summed E-state index contributed by atoms with van der Waals surface area (Å²) in [5.74, 6) is -0.0983. The number of carbonyl (C=O) groups is 2. The van der Waals surface area contributed by atoms with E-state index in [0.29, 0.717) is 32.7 Å². The molecule has 1 atom stereocenters. The molecule has 160 valence electrons. The van der Waals surface area contributed by atoms with Gasteiger partial charge in [-0.25, -0.2) is 4.79 Å². The molecule has 30 heavy (non-hydrogen) atoms. The highest BCUT2D eigenvalue weighted by molar-refractivity contribution is 5.87. The maximum atomic E-state index is 13.2. The molecule has 0 aliphatic carbocycles. The maximum Gasteiger partial charge on any atom is 0.335 e. The number of aromatic carboxylic acids is 1. The lowest BCUT2D eigenvalue weighted by Crippen LogP contribution is -2.45. The lowest BCUT2D eigenvalue weighted by atomic mass is 9.75. The van der Waals surface area contributed by atoms with E-state index in [2.05, 4.69) is 5.32 Å². The zero-order valence-electron chi connectivity index (χ0n) is 17.3. The third-order valence-electron chi connectivity index (χ3n) is 5.75. The second kappa shape index (κ2) is 10.3. The van der Waals surface area contributed by atoms with Crippen molar-refractivity contribution in [3.63, 3.8) is 0 Å². The molecule has 1 amide bonds. The average Bonchev–Trinajstić information content (AvgIpc) is 2.78. The Balaban J connectivity index is 1.59. The quantitative estimate of drug-likeness (QED) is 0.604.